The van der Waals surface area contributed by atoms with E-state index >= 15 is 0 Å². The summed E-state index contributed by atoms with van der Waals surface area (Å²) in [4.78, 5) is 30.0. The Hall–Kier alpha value is -2.68. The van der Waals surface area contributed by atoms with Gasteiger partial charge in [-0.3, -0.25) is 14.2 Å². The van der Waals surface area contributed by atoms with Crippen molar-refractivity contribution in [2.75, 3.05) is 11.1 Å². The number of hydrogen-bond acceptors (Lipinski definition) is 6. The van der Waals surface area contributed by atoms with Gasteiger partial charge in [-0.25, -0.2) is 4.98 Å². The number of hydrogen-bond donors (Lipinski definition) is 1. The highest BCUT2D eigenvalue weighted by Gasteiger charge is 2.18. The molecule has 0 bridgehead atoms. The van der Waals surface area contributed by atoms with E-state index in [0.29, 0.717) is 38.3 Å². The van der Waals surface area contributed by atoms with Gasteiger partial charge in [0.15, 0.2) is 5.16 Å². The summed E-state index contributed by atoms with van der Waals surface area (Å²) in [5.74, 6) is -0.0650. The number of nitrogens with one attached hydrogen (secondary N) is 1. The van der Waals surface area contributed by atoms with Gasteiger partial charge < -0.3 is 5.32 Å². The zero-order valence-electron chi connectivity index (χ0n) is 16.0. The van der Waals surface area contributed by atoms with Gasteiger partial charge in [-0.15, -0.1) is 0 Å². The van der Waals surface area contributed by atoms with E-state index in [-0.39, 0.29) is 17.2 Å². The maximum Gasteiger partial charge on any atom is 0.273 e. The topological polar surface area (TPSA) is 76.9 Å². The molecule has 0 atom stereocenters. The minimum absolute atomic E-state index is 0.124. The first-order valence-corrected chi connectivity index (χ1v) is 11.3. The van der Waals surface area contributed by atoms with Gasteiger partial charge in [0.05, 0.1) is 5.75 Å². The van der Waals surface area contributed by atoms with Crippen LogP contribution in [0.25, 0.3) is 21.5 Å². The first kappa shape index (κ1) is 20.6. The highest BCUT2D eigenvalue weighted by atomic mass is 35.5. The zero-order chi connectivity index (χ0) is 21.1. The summed E-state index contributed by atoms with van der Waals surface area (Å²) in [5, 5.41) is 3.92. The molecule has 6 nitrogen and oxygen atoms in total. The van der Waals surface area contributed by atoms with E-state index in [4.69, 9.17) is 16.6 Å². The van der Waals surface area contributed by atoms with Crippen molar-refractivity contribution in [2.24, 2.45) is 0 Å². The fourth-order valence-corrected chi connectivity index (χ4v) is 4.70. The third-order valence-electron chi connectivity index (χ3n) is 4.37. The predicted octanol–water partition coefficient (Wildman–Crippen LogP) is 4.92. The molecule has 9 heteroatoms. The molecule has 0 spiro atoms. The van der Waals surface area contributed by atoms with Crippen molar-refractivity contribution in [1.29, 1.82) is 0 Å². The van der Waals surface area contributed by atoms with Crippen LogP contribution in [0.5, 0.6) is 0 Å². The smallest absolute Gasteiger partial charge is 0.273 e. The largest absolute Gasteiger partial charge is 0.325 e. The van der Waals surface area contributed by atoms with Gasteiger partial charge in [0.1, 0.15) is 15.9 Å². The van der Waals surface area contributed by atoms with Crippen LogP contribution in [0.3, 0.4) is 0 Å². The predicted molar refractivity (Wildman–Crippen MR) is 124 cm³/mol. The van der Waals surface area contributed by atoms with Gasteiger partial charge in [-0.1, -0.05) is 53.7 Å². The van der Waals surface area contributed by atoms with Gasteiger partial charge >= 0.3 is 0 Å². The minimum Gasteiger partial charge on any atom is -0.325 e. The number of fused-ring (bicyclic) bond motifs is 1. The fraction of sp³-hybridized carbons (Fsp3) is 0.143. The molecule has 2 aromatic carbocycles. The van der Waals surface area contributed by atoms with Gasteiger partial charge in [0.25, 0.3) is 5.56 Å². The second kappa shape index (κ2) is 8.99. The maximum absolute atomic E-state index is 13.0. The normalized spacial score (nSPS) is 11.0. The van der Waals surface area contributed by atoms with Gasteiger partial charge in [0.2, 0.25) is 5.91 Å². The number of thioether (sulfide) groups is 1. The number of anilines is 1. The van der Waals surface area contributed by atoms with Crippen LogP contribution >= 0.6 is 34.9 Å². The fourth-order valence-electron chi connectivity index (χ4n) is 2.93. The maximum atomic E-state index is 13.0. The standard InChI is InChI=1S/C21H17ClN4O2S2/c1-2-26-20(28)19-18(17(25-30-19)13-6-4-3-5-7-13)24-21(26)29-12-16(27)23-15-10-8-14(22)9-11-15/h3-11H,2,12H2,1H3,(H,23,27). The van der Waals surface area contributed by atoms with Crippen molar-refractivity contribution in [3.63, 3.8) is 0 Å². The molecule has 0 aliphatic rings. The molecule has 30 heavy (non-hydrogen) atoms. The lowest BCUT2D eigenvalue weighted by Gasteiger charge is -2.10. The van der Waals surface area contributed by atoms with Gasteiger partial charge in [-0.05, 0) is 42.7 Å². The Labute approximate surface area is 186 Å². The summed E-state index contributed by atoms with van der Waals surface area (Å²) >= 11 is 8.26. The zero-order valence-corrected chi connectivity index (χ0v) is 18.4. The molecule has 0 fully saturated rings. The lowest BCUT2D eigenvalue weighted by Crippen LogP contribution is -2.22. The van der Waals surface area contributed by atoms with E-state index in [1.807, 2.05) is 37.3 Å². The van der Waals surface area contributed by atoms with Crippen LogP contribution in [0.15, 0.2) is 64.5 Å². The molecule has 0 saturated heterocycles. The van der Waals surface area contributed by atoms with E-state index in [2.05, 4.69) is 9.69 Å². The average molecular weight is 457 g/mol. The molecule has 0 aliphatic heterocycles. The molecule has 0 aliphatic carbocycles. The number of rotatable bonds is 6. The van der Waals surface area contributed by atoms with Crippen LogP contribution in [0.1, 0.15) is 6.92 Å². The number of carbonyl (C=O) groups is 1. The molecule has 4 rings (SSSR count). The van der Waals surface area contributed by atoms with Crippen LogP contribution in [0.4, 0.5) is 5.69 Å². The Balaban J connectivity index is 1.62. The quantitative estimate of drug-likeness (QED) is 0.329. The third kappa shape index (κ3) is 4.26. The summed E-state index contributed by atoms with van der Waals surface area (Å²) in [6.07, 6.45) is 0. The Morgan fingerprint density at radius 3 is 2.60 bits per heavy atom. The molecule has 0 saturated carbocycles. The molecule has 2 aromatic heterocycles. The molecule has 0 unspecified atom stereocenters. The van der Waals surface area contributed by atoms with E-state index in [0.717, 1.165) is 17.1 Å². The molecular formula is C21H17ClN4O2S2. The molecule has 152 valence electrons. The van der Waals surface area contributed by atoms with Gasteiger partial charge in [0, 0.05) is 22.8 Å². The number of nitrogens with zero attached hydrogens (tertiary/aromatic N) is 3. The SMILES string of the molecule is CCn1c(SCC(=O)Nc2ccc(Cl)cc2)nc2c(-c3ccccc3)nsc2c1=O. The summed E-state index contributed by atoms with van der Waals surface area (Å²) in [5.41, 5.74) is 2.68. The van der Waals surface area contributed by atoms with Crippen LogP contribution in [0, 0.1) is 0 Å². The highest BCUT2D eigenvalue weighted by Crippen LogP contribution is 2.29. The second-order valence-electron chi connectivity index (χ2n) is 6.36. The second-order valence-corrected chi connectivity index (χ2v) is 8.51. The molecule has 1 N–H and O–H groups in total. The van der Waals surface area contributed by atoms with E-state index in [1.165, 1.54) is 11.8 Å². The molecule has 1 amide bonds. The highest BCUT2D eigenvalue weighted by molar-refractivity contribution is 7.99. The first-order chi connectivity index (χ1) is 14.6. The van der Waals surface area contributed by atoms with Crippen molar-refractivity contribution < 1.29 is 4.79 Å². The van der Waals surface area contributed by atoms with Crippen LogP contribution in [0.2, 0.25) is 5.02 Å². The lowest BCUT2D eigenvalue weighted by molar-refractivity contribution is -0.113. The average Bonchev–Trinajstić information content (AvgIpc) is 3.19. The van der Waals surface area contributed by atoms with Crippen molar-refractivity contribution in [2.45, 2.75) is 18.6 Å². The molecule has 2 heterocycles. The summed E-state index contributed by atoms with van der Waals surface area (Å²) < 4.78 is 6.57. The van der Waals surface area contributed by atoms with E-state index in [9.17, 15) is 9.59 Å². The van der Waals surface area contributed by atoms with E-state index in [1.54, 1.807) is 28.8 Å². The minimum atomic E-state index is -0.189. The first-order valence-electron chi connectivity index (χ1n) is 9.20. The van der Waals surface area contributed by atoms with Gasteiger partial charge in [-0.2, -0.15) is 4.37 Å². The van der Waals surface area contributed by atoms with Crippen molar-refractivity contribution in [3.8, 4) is 11.3 Å². The summed E-state index contributed by atoms with van der Waals surface area (Å²) in [7, 11) is 0. The number of aromatic nitrogens is 3. The molecular weight excluding hydrogens is 440 g/mol. The number of halogens is 1. The molecule has 4 aromatic rings. The monoisotopic (exact) mass is 456 g/mol. The van der Waals surface area contributed by atoms with Crippen molar-refractivity contribution in [1.82, 2.24) is 13.9 Å². The Bertz CT molecular complexity index is 1250. The Kier molecular flexibility index (Phi) is 6.17. The van der Waals surface area contributed by atoms with E-state index < -0.39 is 0 Å². The summed E-state index contributed by atoms with van der Waals surface area (Å²) in [6, 6.07) is 16.5. The molecule has 0 radical (unpaired) electrons. The third-order valence-corrected chi connectivity index (χ3v) is 6.42. The van der Waals surface area contributed by atoms with Crippen LogP contribution < -0.4 is 10.9 Å². The summed E-state index contributed by atoms with van der Waals surface area (Å²) in [6.45, 7) is 2.34. The number of amides is 1. The van der Waals surface area contributed by atoms with Crippen molar-refractivity contribution in [3.05, 3.63) is 70.0 Å². The number of benzene rings is 2. The Morgan fingerprint density at radius 2 is 1.90 bits per heavy atom. The number of carbonyl (C=O) groups excluding carboxylic acids is 1. The van der Waals surface area contributed by atoms with Crippen LogP contribution in [-0.2, 0) is 11.3 Å². The lowest BCUT2D eigenvalue weighted by atomic mass is 10.1. The van der Waals surface area contributed by atoms with Crippen molar-refractivity contribution >= 4 is 56.7 Å². The van der Waals surface area contributed by atoms with Crippen LogP contribution in [-0.4, -0.2) is 25.6 Å². The Morgan fingerprint density at radius 1 is 1.17 bits per heavy atom.